The van der Waals surface area contributed by atoms with E-state index in [2.05, 4.69) is 9.05 Å². The molecule has 0 N–H and O–H groups in total. The summed E-state index contributed by atoms with van der Waals surface area (Å²) in [6, 6.07) is 7.69. The summed E-state index contributed by atoms with van der Waals surface area (Å²) in [6.07, 6.45) is -9.56. The van der Waals surface area contributed by atoms with Gasteiger partial charge in [0.1, 0.15) is 11.1 Å². The summed E-state index contributed by atoms with van der Waals surface area (Å²) in [6.45, 7) is 0. The van der Waals surface area contributed by atoms with Crippen molar-refractivity contribution >= 4 is 8.25 Å². The van der Waals surface area contributed by atoms with E-state index in [4.69, 9.17) is 0 Å². The SMILES string of the molecule is O=[P+](Oc1ccccc1C(F)(F)F)Oc1ccccc1C(F)(F)F. The smallest absolute Gasteiger partial charge is 0.222 e. The molecule has 0 atom stereocenters. The van der Waals surface area contributed by atoms with Gasteiger partial charge in [-0.1, -0.05) is 24.3 Å². The predicted octanol–water partition coefficient (Wildman–Crippen LogP) is 5.84. The summed E-state index contributed by atoms with van der Waals surface area (Å²) in [5.74, 6) is -1.62. The highest BCUT2D eigenvalue weighted by atomic mass is 31.1. The van der Waals surface area contributed by atoms with E-state index >= 15 is 0 Å². The van der Waals surface area contributed by atoms with Crippen LogP contribution in [0.4, 0.5) is 26.3 Å². The van der Waals surface area contributed by atoms with Crippen LogP contribution in [0.15, 0.2) is 48.5 Å². The molecule has 0 fully saturated rings. The maximum atomic E-state index is 12.8. The fourth-order valence-corrected chi connectivity index (χ4v) is 2.42. The van der Waals surface area contributed by atoms with Gasteiger partial charge in [0.25, 0.3) is 0 Å². The van der Waals surface area contributed by atoms with Crippen LogP contribution in [0, 0.1) is 0 Å². The minimum absolute atomic E-state index is 0.683. The van der Waals surface area contributed by atoms with Gasteiger partial charge in [-0.15, -0.1) is 0 Å². The summed E-state index contributed by atoms with van der Waals surface area (Å²) >= 11 is 0. The maximum absolute atomic E-state index is 12.8. The van der Waals surface area contributed by atoms with Crippen molar-refractivity contribution in [2.45, 2.75) is 12.4 Å². The monoisotopic (exact) mass is 369 g/mol. The molecule has 2 aromatic rings. The fourth-order valence-electron chi connectivity index (χ4n) is 1.74. The Bertz CT molecular complexity index is 680. The molecule has 0 aromatic heterocycles. The van der Waals surface area contributed by atoms with Crippen molar-refractivity contribution in [2.24, 2.45) is 0 Å². The van der Waals surface area contributed by atoms with Crippen molar-refractivity contribution in [3.05, 3.63) is 59.7 Å². The highest BCUT2D eigenvalue weighted by Crippen LogP contribution is 2.42. The molecule has 3 nitrogen and oxygen atoms in total. The largest absolute Gasteiger partial charge is 0.805 e. The Morgan fingerprint density at radius 2 is 1.00 bits per heavy atom. The third-order valence-electron chi connectivity index (χ3n) is 2.73. The van der Waals surface area contributed by atoms with Crippen LogP contribution in [-0.4, -0.2) is 0 Å². The average Bonchev–Trinajstić information content (AvgIpc) is 2.46. The Morgan fingerprint density at radius 3 is 1.33 bits per heavy atom. The second-order valence-corrected chi connectivity index (χ2v) is 5.21. The van der Waals surface area contributed by atoms with Crippen LogP contribution in [0.5, 0.6) is 11.5 Å². The lowest BCUT2D eigenvalue weighted by Crippen LogP contribution is -2.08. The lowest BCUT2D eigenvalue weighted by molar-refractivity contribution is -0.138. The first-order chi connectivity index (χ1) is 11.1. The summed E-state index contributed by atoms with van der Waals surface area (Å²) in [5.41, 5.74) is -2.44. The molecule has 0 radical (unpaired) electrons. The number of halogens is 6. The normalized spacial score (nSPS) is 11.9. The van der Waals surface area contributed by atoms with Crippen LogP contribution in [0.25, 0.3) is 0 Å². The standard InChI is InChI=1S/C14H8F6O3P/c15-13(16,17)9-5-1-3-7-11(9)22-24(21)23-12-8-4-2-6-10(12)14(18,19)20/h1-8H/q+1. The van der Waals surface area contributed by atoms with Crippen LogP contribution < -0.4 is 9.05 Å². The van der Waals surface area contributed by atoms with Crippen molar-refractivity contribution in [2.75, 3.05) is 0 Å². The third-order valence-corrected chi connectivity index (χ3v) is 3.42. The topological polar surface area (TPSA) is 35.5 Å². The molecule has 0 spiro atoms. The minimum atomic E-state index is -4.78. The lowest BCUT2D eigenvalue weighted by Gasteiger charge is -2.09. The molecule has 0 aliphatic carbocycles. The summed E-state index contributed by atoms with van der Waals surface area (Å²) in [5, 5.41) is 0. The number of alkyl halides is 6. The van der Waals surface area contributed by atoms with Gasteiger partial charge in [0, 0.05) is 4.57 Å². The number of hydrogen-bond donors (Lipinski definition) is 0. The average molecular weight is 369 g/mol. The zero-order chi connectivity index (χ0) is 18.0. The van der Waals surface area contributed by atoms with Crippen molar-refractivity contribution in [3.8, 4) is 11.5 Å². The van der Waals surface area contributed by atoms with Gasteiger partial charge in [-0.3, -0.25) is 0 Å². The molecule has 0 saturated heterocycles. The van der Waals surface area contributed by atoms with Gasteiger partial charge in [-0.2, -0.15) is 26.3 Å². The summed E-state index contributed by atoms with van der Waals surface area (Å²) < 4.78 is 97.5. The number of para-hydroxylation sites is 2. The fraction of sp³-hybridized carbons (Fsp3) is 0.143. The molecule has 0 aliphatic heterocycles. The van der Waals surface area contributed by atoms with Gasteiger partial charge < -0.3 is 0 Å². The van der Waals surface area contributed by atoms with E-state index in [9.17, 15) is 30.9 Å². The molecular weight excluding hydrogens is 361 g/mol. The van der Waals surface area contributed by atoms with Crippen LogP contribution in [0.1, 0.15) is 11.1 Å². The van der Waals surface area contributed by atoms with E-state index in [0.29, 0.717) is 12.1 Å². The lowest BCUT2D eigenvalue weighted by atomic mass is 10.2. The second-order valence-electron chi connectivity index (χ2n) is 4.39. The van der Waals surface area contributed by atoms with E-state index in [1.54, 1.807) is 0 Å². The zero-order valence-electron chi connectivity index (χ0n) is 11.6. The van der Waals surface area contributed by atoms with Gasteiger partial charge in [0.2, 0.25) is 11.5 Å². The van der Waals surface area contributed by atoms with Gasteiger partial charge in [0.15, 0.2) is 0 Å². The molecule has 10 heteroatoms. The van der Waals surface area contributed by atoms with Crippen molar-refractivity contribution in [1.82, 2.24) is 0 Å². The molecular formula is C14H8F6O3P+. The van der Waals surface area contributed by atoms with Crippen molar-refractivity contribution < 1.29 is 40.0 Å². The van der Waals surface area contributed by atoms with Crippen LogP contribution >= 0.6 is 8.25 Å². The molecule has 2 aromatic carbocycles. The van der Waals surface area contributed by atoms with Crippen molar-refractivity contribution in [3.63, 3.8) is 0 Å². The highest BCUT2D eigenvalue weighted by Gasteiger charge is 2.40. The van der Waals surface area contributed by atoms with E-state index in [1.807, 2.05) is 0 Å². The van der Waals surface area contributed by atoms with Gasteiger partial charge in [-0.05, 0) is 24.3 Å². The molecule has 0 amide bonds. The zero-order valence-corrected chi connectivity index (χ0v) is 12.5. The van der Waals surface area contributed by atoms with Crippen molar-refractivity contribution in [1.29, 1.82) is 0 Å². The van der Waals surface area contributed by atoms with E-state index in [0.717, 1.165) is 24.3 Å². The quantitative estimate of drug-likeness (QED) is 0.502. The van der Waals surface area contributed by atoms with E-state index in [-0.39, 0.29) is 0 Å². The summed E-state index contributed by atoms with van der Waals surface area (Å²) in [4.78, 5) is 0. The predicted molar refractivity (Wildman–Crippen MR) is 71.8 cm³/mol. The molecule has 0 saturated carbocycles. The first-order valence-corrected chi connectivity index (χ1v) is 7.34. The Hall–Kier alpha value is -2.28. The van der Waals surface area contributed by atoms with Gasteiger partial charge in [0.05, 0.1) is 0 Å². The third kappa shape index (κ3) is 4.38. The Balaban J connectivity index is 2.22. The molecule has 2 rings (SSSR count). The molecule has 0 heterocycles. The van der Waals surface area contributed by atoms with Crippen LogP contribution in [0.2, 0.25) is 0 Å². The molecule has 0 aliphatic rings. The van der Waals surface area contributed by atoms with E-state index in [1.165, 1.54) is 12.1 Å². The summed E-state index contributed by atoms with van der Waals surface area (Å²) in [7, 11) is -3.31. The number of rotatable bonds is 4. The molecule has 0 unspecified atom stereocenters. The second kappa shape index (κ2) is 6.68. The Kier molecular flexibility index (Phi) is 5.03. The highest BCUT2D eigenvalue weighted by molar-refractivity contribution is 7.34. The molecule has 0 bridgehead atoms. The Morgan fingerprint density at radius 1 is 0.667 bits per heavy atom. The van der Waals surface area contributed by atoms with E-state index < -0.39 is 43.2 Å². The first kappa shape index (κ1) is 18.1. The van der Waals surface area contributed by atoms with Gasteiger partial charge >= 0.3 is 20.6 Å². The van der Waals surface area contributed by atoms with Crippen LogP contribution in [0.3, 0.4) is 0 Å². The van der Waals surface area contributed by atoms with Crippen LogP contribution in [-0.2, 0) is 16.9 Å². The molecule has 24 heavy (non-hydrogen) atoms. The minimum Gasteiger partial charge on any atom is -0.222 e. The Labute approximate surface area is 132 Å². The molecule has 128 valence electrons. The first-order valence-electron chi connectivity index (χ1n) is 6.24. The number of benzene rings is 2. The van der Waals surface area contributed by atoms with Gasteiger partial charge in [-0.25, -0.2) is 9.05 Å². The number of hydrogen-bond acceptors (Lipinski definition) is 3. The maximum Gasteiger partial charge on any atom is 0.805 e.